The molecule has 0 saturated carbocycles. The van der Waals surface area contributed by atoms with Crippen molar-refractivity contribution in [2.45, 2.75) is 23.0 Å². The largest absolute Gasteiger partial charge is 0.339 e. The van der Waals surface area contributed by atoms with E-state index in [-0.39, 0.29) is 11.2 Å². The maximum Gasteiger partial charge on any atom is 0.238 e. The van der Waals surface area contributed by atoms with Crippen LogP contribution in [0.1, 0.15) is 17.3 Å². The molecule has 4 rings (SSSR count). The van der Waals surface area contributed by atoms with Gasteiger partial charge in [-0.05, 0) is 17.7 Å². The quantitative estimate of drug-likeness (QED) is 0.791. The third-order valence-electron chi connectivity index (χ3n) is 3.78. The Bertz CT molecular complexity index is 863. The van der Waals surface area contributed by atoms with Crippen LogP contribution >= 0.6 is 11.8 Å². The Morgan fingerprint density at radius 3 is 2.75 bits per heavy atom. The monoisotopic (exact) mass is 337 g/mol. The molecule has 24 heavy (non-hydrogen) atoms. The second-order valence-electron chi connectivity index (χ2n) is 5.56. The molecule has 5 nitrogen and oxygen atoms in total. The number of thioether (sulfide) groups is 1. The van der Waals surface area contributed by atoms with E-state index in [2.05, 4.69) is 15.5 Å². The summed E-state index contributed by atoms with van der Waals surface area (Å²) in [4.78, 5) is 17.7. The highest BCUT2D eigenvalue weighted by atomic mass is 32.2. The van der Waals surface area contributed by atoms with Gasteiger partial charge in [0.05, 0.1) is 10.9 Å². The van der Waals surface area contributed by atoms with Crippen molar-refractivity contribution in [3.8, 4) is 0 Å². The van der Waals surface area contributed by atoms with Gasteiger partial charge in [-0.2, -0.15) is 4.98 Å². The summed E-state index contributed by atoms with van der Waals surface area (Å²) >= 11 is 1.53. The molecule has 1 unspecified atom stereocenters. The predicted octanol–water partition coefficient (Wildman–Crippen LogP) is 3.32. The maximum atomic E-state index is 12.2. The molecular formula is C18H15N3O2S. The Balaban J connectivity index is 1.45. The SMILES string of the molecule is O=C1Nc2ccccc2SC1Cc1nc(Cc2ccccc2)no1. The smallest absolute Gasteiger partial charge is 0.238 e. The molecule has 1 atom stereocenters. The zero-order valence-electron chi connectivity index (χ0n) is 12.8. The lowest BCUT2D eigenvalue weighted by Gasteiger charge is -2.22. The molecule has 1 aliphatic heterocycles. The van der Waals surface area contributed by atoms with Crippen LogP contribution in [0, 0.1) is 0 Å². The number of hydrogen-bond acceptors (Lipinski definition) is 5. The fourth-order valence-electron chi connectivity index (χ4n) is 2.61. The number of carbonyl (C=O) groups excluding carboxylic acids is 1. The maximum absolute atomic E-state index is 12.2. The number of aromatic nitrogens is 2. The first-order chi connectivity index (χ1) is 11.8. The number of para-hydroxylation sites is 1. The molecule has 2 heterocycles. The van der Waals surface area contributed by atoms with E-state index in [4.69, 9.17) is 4.52 Å². The first-order valence-corrected chi connectivity index (χ1v) is 8.58. The zero-order chi connectivity index (χ0) is 16.4. The summed E-state index contributed by atoms with van der Waals surface area (Å²) < 4.78 is 5.32. The van der Waals surface area contributed by atoms with Gasteiger partial charge in [0.1, 0.15) is 0 Å². The van der Waals surface area contributed by atoms with Gasteiger partial charge in [0.15, 0.2) is 5.82 Å². The highest BCUT2D eigenvalue weighted by Crippen LogP contribution is 2.36. The summed E-state index contributed by atoms with van der Waals surface area (Å²) in [5, 5.41) is 6.69. The van der Waals surface area contributed by atoms with Crippen LogP contribution in [0.4, 0.5) is 5.69 Å². The summed E-state index contributed by atoms with van der Waals surface area (Å²) in [6.45, 7) is 0. The molecule has 3 aromatic rings. The van der Waals surface area contributed by atoms with Crippen molar-refractivity contribution >= 4 is 23.4 Å². The summed E-state index contributed by atoms with van der Waals surface area (Å²) in [5.74, 6) is 1.10. The van der Waals surface area contributed by atoms with E-state index in [1.165, 1.54) is 11.8 Å². The molecule has 0 radical (unpaired) electrons. The molecule has 1 amide bonds. The number of nitrogens with zero attached hydrogens (tertiary/aromatic N) is 2. The lowest BCUT2D eigenvalue weighted by atomic mass is 10.1. The van der Waals surface area contributed by atoms with Crippen LogP contribution in [-0.4, -0.2) is 21.3 Å². The van der Waals surface area contributed by atoms with Crippen LogP contribution in [0.25, 0.3) is 0 Å². The molecule has 0 fully saturated rings. The fraction of sp³-hybridized carbons (Fsp3) is 0.167. The summed E-state index contributed by atoms with van der Waals surface area (Å²) in [7, 11) is 0. The molecule has 0 aliphatic carbocycles. The van der Waals surface area contributed by atoms with Crippen LogP contribution in [0.15, 0.2) is 64.0 Å². The lowest BCUT2D eigenvalue weighted by molar-refractivity contribution is -0.115. The predicted molar refractivity (Wildman–Crippen MR) is 92.0 cm³/mol. The zero-order valence-corrected chi connectivity index (χ0v) is 13.6. The number of benzene rings is 2. The molecule has 6 heteroatoms. The molecule has 1 N–H and O–H groups in total. The Kier molecular flexibility index (Phi) is 4.04. The number of rotatable bonds is 4. The minimum atomic E-state index is -0.259. The van der Waals surface area contributed by atoms with Crippen LogP contribution in [0.2, 0.25) is 0 Å². The van der Waals surface area contributed by atoms with Crippen LogP contribution in [0.3, 0.4) is 0 Å². The Hall–Kier alpha value is -2.60. The van der Waals surface area contributed by atoms with Crippen LogP contribution < -0.4 is 5.32 Å². The van der Waals surface area contributed by atoms with E-state index in [1.807, 2.05) is 54.6 Å². The third-order valence-corrected chi connectivity index (χ3v) is 5.06. The van der Waals surface area contributed by atoms with E-state index in [1.54, 1.807) is 0 Å². The summed E-state index contributed by atoms with van der Waals surface area (Å²) in [5.41, 5.74) is 1.99. The molecule has 0 bridgehead atoms. The second-order valence-corrected chi connectivity index (χ2v) is 6.81. The number of fused-ring (bicyclic) bond motifs is 1. The number of hydrogen-bond donors (Lipinski definition) is 1. The highest BCUT2D eigenvalue weighted by Gasteiger charge is 2.28. The number of nitrogens with one attached hydrogen (secondary N) is 1. The van der Waals surface area contributed by atoms with Crippen molar-refractivity contribution in [2.24, 2.45) is 0 Å². The molecular weight excluding hydrogens is 322 g/mol. The standard InChI is InChI=1S/C18H15N3O2S/c22-18-15(24-14-9-5-4-8-13(14)19-18)11-17-20-16(21-23-17)10-12-6-2-1-3-7-12/h1-9,15H,10-11H2,(H,19,22). The van der Waals surface area contributed by atoms with Crippen molar-refractivity contribution in [1.82, 2.24) is 10.1 Å². The molecule has 0 spiro atoms. The molecule has 1 aliphatic rings. The van der Waals surface area contributed by atoms with Crippen molar-refractivity contribution < 1.29 is 9.32 Å². The van der Waals surface area contributed by atoms with E-state index >= 15 is 0 Å². The van der Waals surface area contributed by atoms with Gasteiger partial charge in [-0.1, -0.05) is 47.6 Å². The van der Waals surface area contributed by atoms with E-state index in [9.17, 15) is 4.79 Å². The first kappa shape index (κ1) is 15.0. The average Bonchev–Trinajstić information content (AvgIpc) is 3.03. The number of carbonyl (C=O) groups is 1. The molecule has 120 valence electrons. The number of anilines is 1. The average molecular weight is 337 g/mol. The van der Waals surface area contributed by atoms with Gasteiger partial charge in [-0.25, -0.2) is 0 Å². The normalized spacial score (nSPS) is 16.5. The molecule has 0 saturated heterocycles. The van der Waals surface area contributed by atoms with Crippen molar-refractivity contribution in [2.75, 3.05) is 5.32 Å². The summed E-state index contributed by atoms with van der Waals surface area (Å²) in [6.07, 6.45) is 1.05. The van der Waals surface area contributed by atoms with Gasteiger partial charge in [0.2, 0.25) is 11.8 Å². The molecule has 1 aromatic heterocycles. The van der Waals surface area contributed by atoms with Gasteiger partial charge < -0.3 is 9.84 Å². The van der Waals surface area contributed by atoms with Gasteiger partial charge in [0.25, 0.3) is 0 Å². The van der Waals surface area contributed by atoms with Crippen LogP contribution in [-0.2, 0) is 17.6 Å². The van der Waals surface area contributed by atoms with E-state index in [0.717, 1.165) is 16.1 Å². The van der Waals surface area contributed by atoms with Crippen molar-refractivity contribution in [3.05, 3.63) is 71.9 Å². The van der Waals surface area contributed by atoms with E-state index in [0.29, 0.717) is 24.6 Å². The minimum absolute atomic E-state index is 0.0264. The number of amides is 1. The third kappa shape index (κ3) is 3.19. The lowest BCUT2D eigenvalue weighted by Crippen LogP contribution is -2.30. The van der Waals surface area contributed by atoms with Gasteiger partial charge >= 0.3 is 0 Å². The van der Waals surface area contributed by atoms with Crippen LogP contribution in [0.5, 0.6) is 0 Å². The molecule has 2 aromatic carbocycles. The topological polar surface area (TPSA) is 68.0 Å². The van der Waals surface area contributed by atoms with Gasteiger partial charge in [-0.15, -0.1) is 11.8 Å². The van der Waals surface area contributed by atoms with Crippen molar-refractivity contribution in [1.29, 1.82) is 0 Å². The Morgan fingerprint density at radius 2 is 1.88 bits per heavy atom. The van der Waals surface area contributed by atoms with E-state index < -0.39 is 0 Å². The van der Waals surface area contributed by atoms with Gasteiger partial charge in [-0.3, -0.25) is 4.79 Å². The first-order valence-electron chi connectivity index (χ1n) is 7.70. The fourth-order valence-corrected chi connectivity index (χ4v) is 3.71. The summed E-state index contributed by atoms with van der Waals surface area (Å²) in [6, 6.07) is 17.8. The Morgan fingerprint density at radius 1 is 1.08 bits per heavy atom. The second kappa shape index (κ2) is 6.49. The minimum Gasteiger partial charge on any atom is -0.339 e. The van der Waals surface area contributed by atoms with Gasteiger partial charge in [0, 0.05) is 17.7 Å². The highest BCUT2D eigenvalue weighted by molar-refractivity contribution is 8.01. The van der Waals surface area contributed by atoms with Crippen molar-refractivity contribution in [3.63, 3.8) is 0 Å². The Labute approximate surface area is 143 Å².